The number of hydrazone groups is 1. The van der Waals surface area contributed by atoms with Crippen LogP contribution in [0.5, 0.6) is 0 Å². The van der Waals surface area contributed by atoms with Gasteiger partial charge >= 0.3 is 0 Å². The van der Waals surface area contributed by atoms with Crippen molar-refractivity contribution in [3.63, 3.8) is 0 Å². The molecule has 0 spiro atoms. The highest BCUT2D eigenvalue weighted by Crippen LogP contribution is 2.18. The fourth-order valence-corrected chi connectivity index (χ4v) is 2.19. The number of nitrogens with one attached hydrogen (secondary N) is 1. The van der Waals surface area contributed by atoms with Gasteiger partial charge in [0.2, 0.25) is 5.95 Å². The Bertz CT molecular complexity index is 809. The van der Waals surface area contributed by atoms with Crippen LogP contribution in [-0.4, -0.2) is 16.2 Å². The molecule has 0 saturated carbocycles. The van der Waals surface area contributed by atoms with Gasteiger partial charge in [-0.1, -0.05) is 60.2 Å². The smallest absolute Gasteiger partial charge is 0.244 e. The molecule has 0 radical (unpaired) electrons. The molecule has 3 aromatic rings. The van der Waals surface area contributed by atoms with Gasteiger partial charge in [-0.2, -0.15) is 5.10 Å². The molecule has 0 saturated heterocycles. The Balaban J connectivity index is 1.78. The van der Waals surface area contributed by atoms with E-state index in [0.717, 1.165) is 22.5 Å². The predicted octanol–water partition coefficient (Wildman–Crippen LogP) is 4.21. The number of aryl methyl sites for hydroxylation is 2. The Hall–Kier alpha value is -3.01. The highest BCUT2D eigenvalue weighted by molar-refractivity contribution is 5.80. The summed E-state index contributed by atoms with van der Waals surface area (Å²) in [6.45, 7) is 4.01. The van der Waals surface area contributed by atoms with E-state index in [0.29, 0.717) is 5.95 Å². The average molecular weight is 302 g/mol. The second kappa shape index (κ2) is 6.83. The highest BCUT2D eigenvalue weighted by atomic mass is 15.3. The number of rotatable bonds is 4. The van der Waals surface area contributed by atoms with Crippen molar-refractivity contribution < 1.29 is 0 Å². The summed E-state index contributed by atoms with van der Waals surface area (Å²) in [6, 6.07) is 20.1. The molecule has 3 rings (SSSR count). The van der Waals surface area contributed by atoms with Crippen molar-refractivity contribution in [1.82, 2.24) is 9.97 Å². The van der Waals surface area contributed by atoms with Gasteiger partial charge in [0.05, 0.1) is 11.9 Å². The van der Waals surface area contributed by atoms with E-state index in [2.05, 4.69) is 39.6 Å². The van der Waals surface area contributed by atoms with Gasteiger partial charge in [-0.05, 0) is 25.5 Å². The lowest BCUT2D eigenvalue weighted by Crippen LogP contribution is -2.00. The van der Waals surface area contributed by atoms with Gasteiger partial charge in [-0.25, -0.2) is 15.4 Å². The maximum Gasteiger partial charge on any atom is 0.244 e. The van der Waals surface area contributed by atoms with Crippen LogP contribution in [0.3, 0.4) is 0 Å². The van der Waals surface area contributed by atoms with Crippen LogP contribution in [0.15, 0.2) is 65.8 Å². The summed E-state index contributed by atoms with van der Waals surface area (Å²) in [5, 5.41) is 4.22. The molecule has 0 amide bonds. The number of hydrogen-bond donors (Lipinski definition) is 1. The molecule has 0 aliphatic carbocycles. The van der Waals surface area contributed by atoms with E-state index < -0.39 is 0 Å². The van der Waals surface area contributed by atoms with Gasteiger partial charge in [-0.3, -0.25) is 0 Å². The molecular formula is C19H18N4. The summed E-state index contributed by atoms with van der Waals surface area (Å²) >= 11 is 0. The Morgan fingerprint density at radius 3 is 2.39 bits per heavy atom. The molecule has 0 unspecified atom stereocenters. The molecule has 0 fully saturated rings. The molecule has 0 aliphatic rings. The molecule has 1 N–H and O–H groups in total. The molecule has 23 heavy (non-hydrogen) atoms. The van der Waals surface area contributed by atoms with Crippen molar-refractivity contribution >= 4 is 12.2 Å². The summed E-state index contributed by atoms with van der Waals surface area (Å²) in [7, 11) is 0. The Morgan fingerprint density at radius 1 is 0.913 bits per heavy atom. The quantitative estimate of drug-likeness (QED) is 0.580. The van der Waals surface area contributed by atoms with Crippen LogP contribution in [0.4, 0.5) is 5.95 Å². The highest BCUT2D eigenvalue weighted by Gasteiger charge is 2.03. The van der Waals surface area contributed by atoms with Gasteiger partial charge in [-0.15, -0.1) is 0 Å². The molecule has 4 nitrogen and oxygen atoms in total. The zero-order valence-electron chi connectivity index (χ0n) is 13.2. The van der Waals surface area contributed by atoms with Gasteiger partial charge in [0.25, 0.3) is 0 Å². The zero-order chi connectivity index (χ0) is 16.1. The van der Waals surface area contributed by atoms with Crippen molar-refractivity contribution in [3.8, 4) is 11.3 Å². The summed E-state index contributed by atoms with van der Waals surface area (Å²) in [6.07, 6.45) is 1.76. The van der Waals surface area contributed by atoms with Crippen LogP contribution in [0, 0.1) is 13.8 Å². The number of nitrogens with zero attached hydrogens (tertiary/aromatic N) is 3. The minimum atomic E-state index is 0.493. The zero-order valence-corrected chi connectivity index (χ0v) is 13.2. The van der Waals surface area contributed by atoms with Crippen LogP contribution in [0.1, 0.15) is 16.8 Å². The SMILES string of the molecule is Cc1ccc(C=NNc2nc(C)cc(-c3ccccc3)n2)cc1. The third-order valence-corrected chi connectivity index (χ3v) is 3.38. The largest absolute Gasteiger partial charge is 0.245 e. The first kappa shape index (κ1) is 14.9. The van der Waals surface area contributed by atoms with E-state index in [1.807, 2.05) is 55.5 Å². The van der Waals surface area contributed by atoms with E-state index in [1.54, 1.807) is 6.21 Å². The molecule has 1 aromatic heterocycles. The van der Waals surface area contributed by atoms with Crippen molar-refractivity contribution in [1.29, 1.82) is 0 Å². The van der Waals surface area contributed by atoms with E-state index in [4.69, 9.17) is 0 Å². The van der Waals surface area contributed by atoms with Crippen LogP contribution >= 0.6 is 0 Å². The average Bonchev–Trinajstić information content (AvgIpc) is 2.57. The molecule has 2 aromatic carbocycles. The van der Waals surface area contributed by atoms with E-state index in [9.17, 15) is 0 Å². The minimum Gasteiger partial charge on any atom is -0.245 e. The van der Waals surface area contributed by atoms with Crippen LogP contribution in [0.25, 0.3) is 11.3 Å². The maximum absolute atomic E-state index is 4.51. The van der Waals surface area contributed by atoms with Crippen LogP contribution < -0.4 is 5.43 Å². The van der Waals surface area contributed by atoms with Crippen LogP contribution in [-0.2, 0) is 0 Å². The van der Waals surface area contributed by atoms with Crippen molar-refractivity contribution in [2.45, 2.75) is 13.8 Å². The van der Waals surface area contributed by atoms with E-state index in [1.165, 1.54) is 5.56 Å². The Morgan fingerprint density at radius 2 is 1.65 bits per heavy atom. The van der Waals surface area contributed by atoms with Gasteiger partial charge in [0.1, 0.15) is 0 Å². The lowest BCUT2D eigenvalue weighted by Gasteiger charge is -2.05. The fraction of sp³-hybridized carbons (Fsp3) is 0.105. The van der Waals surface area contributed by atoms with Crippen molar-refractivity contribution in [2.75, 3.05) is 5.43 Å². The number of aromatic nitrogens is 2. The second-order valence-electron chi connectivity index (χ2n) is 5.36. The van der Waals surface area contributed by atoms with E-state index >= 15 is 0 Å². The van der Waals surface area contributed by atoms with Crippen molar-refractivity contribution in [2.24, 2.45) is 5.10 Å². The monoisotopic (exact) mass is 302 g/mol. The second-order valence-corrected chi connectivity index (χ2v) is 5.36. The lowest BCUT2D eigenvalue weighted by molar-refractivity contribution is 1.08. The van der Waals surface area contributed by atoms with Crippen LogP contribution in [0.2, 0.25) is 0 Å². The van der Waals surface area contributed by atoms with Gasteiger partial charge < -0.3 is 0 Å². The number of benzene rings is 2. The third-order valence-electron chi connectivity index (χ3n) is 3.38. The standard InChI is InChI=1S/C19H18N4/c1-14-8-10-16(11-9-14)13-20-23-19-21-15(2)12-18(22-19)17-6-4-3-5-7-17/h3-13H,1-2H3,(H,21,22,23). The Labute approximate surface area is 135 Å². The first-order valence-electron chi connectivity index (χ1n) is 7.47. The maximum atomic E-state index is 4.51. The summed E-state index contributed by atoms with van der Waals surface area (Å²) in [5.41, 5.74) is 7.99. The molecule has 0 aliphatic heterocycles. The summed E-state index contributed by atoms with van der Waals surface area (Å²) in [5.74, 6) is 0.493. The molecular weight excluding hydrogens is 284 g/mol. The normalized spacial score (nSPS) is 10.9. The first-order valence-corrected chi connectivity index (χ1v) is 7.47. The first-order chi connectivity index (χ1) is 11.2. The summed E-state index contributed by atoms with van der Waals surface area (Å²) < 4.78 is 0. The fourth-order valence-electron chi connectivity index (χ4n) is 2.19. The number of hydrogen-bond acceptors (Lipinski definition) is 4. The van der Waals surface area contributed by atoms with Crippen molar-refractivity contribution in [3.05, 3.63) is 77.5 Å². The third kappa shape index (κ3) is 4.01. The minimum absolute atomic E-state index is 0.493. The molecule has 0 bridgehead atoms. The van der Waals surface area contributed by atoms with Gasteiger partial charge in [0.15, 0.2) is 0 Å². The molecule has 1 heterocycles. The topological polar surface area (TPSA) is 50.2 Å². The summed E-state index contributed by atoms with van der Waals surface area (Å²) in [4.78, 5) is 8.88. The predicted molar refractivity (Wildman–Crippen MR) is 94.6 cm³/mol. The molecule has 114 valence electrons. The molecule has 4 heteroatoms. The lowest BCUT2D eigenvalue weighted by atomic mass is 10.1. The van der Waals surface area contributed by atoms with Gasteiger partial charge in [0, 0.05) is 11.3 Å². The van der Waals surface area contributed by atoms with E-state index in [-0.39, 0.29) is 0 Å². The molecule has 0 atom stereocenters. The number of anilines is 1. The Kier molecular flexibility index (Phi) is 4.43.